The van der Waals surface area contributed by atoms with Crippen molar-refractivity contribution in [3.05, 3.63) is 107 Å². The molecule has 3 aromatic carbocycles. The average molecular weight is 384 g/mol. The van der Waals surface area contributed by atoms with Gasteiger partial charge in [-0.15, -0.1) is 0 Å². The van der Waals surface area contributed by atoms with Crippen LogP contribution >= 0.6 is 0 Å². The molecule has 144 valence electrons. The van der Waals surface area contributed by atoms with Crippen LogP contribution < -0.4 is 5.32 Å². The minimum absolute atomic E-state index is 0.0641. The Morgan fingerprint density at radius 2 is 1.34 bits per heavy atom. The Labute approximate surface area is 169 Å². The first kappa shape index (κ1) is 18.6. The van der Waals surface area contributed by atoms with Crippen LogP contribution in [-0.4, -0.2) is 29.2 Å². The molecular formula is C24H20N2O3. The predicted octanol–water partition coefficient (Wildman–Crippen LogP) is 3.46. The van der Waals surface area contributed by atoms with E-state index in [0.717, 1.165) is 12.0 Å². The van der Waals surface area contributed by atoms with E-state index in [9.17, 15) is 14.4 Å². The topological polar surface area (TPSA) is 66.5 Å². The van der Waals surface area contributed by atoms with E-state index in [2.05, 4.69) is 5.32 Å². The molecule has 0 aliphatic carbocycles. The van der Waals surface area contributed by atoms with E-state index < -0.39 is 0 Å². The highest BCUT2D eigenvalue weighted by molar-refractivity contribution is 6.21. The maximum absolute atomic E-state index is 12.7. The summed E-state index contributed by atoms with van der Waals surface area (Å²) < 4.78 is 0. The Hall–Kier alpha value is -3.73. The van der Waals surface area contributed by atoms with Crippen molar-refractivity contribution in [1.82, 2.24) is 10.2 Å². The molecule has 4 rings (SSSR count). The van der Waals surface area contributed by atoms with Crippen LogP contribution in [0, 0.1) is 0 Å². The Morgan fingerprint density at radius 3 is 2.03 bits per heavy atom. The molecule has 1 N–H and O–H groups in total. The molecule has 0 saturated heterocycles. The molecule has 3 amide bonds. The fraction of sp³-hybridized carbons (Fsp3) is 0.125. The fourth-order valence-corrected chi connectivity index (χ4v) is 3.49. The second-order valence-electron chi connectivity index (χ2n) is 6.89. The minimum Gasteiger partial charge on any atom is -0.352 e. The van der Waals surface area contributed by atoms with Crippen LogP contribution in [-0.2, 0) is 13.0 Å². The van der Waals surface area contributed by atoms with Gasteiger partial charge < -0.3 is 5.32 Å². The van der Waals surface area contributed by atoms with Crippen molar-refractivity contribution >= 4 is 17.7 Å². The number of amides is 3. The van der Waals surface area contributed by atoms with Gasteiger partial charge in [0.25, 0.3) is 17.7 Å². The van der Waals surface area contributed by atoms with Crippen molar-refractivity contribution in [3.63, 3.8) is 0 Å². The second kappa shape index (κ2) is 8.10. The van der Waals surface area contributed by atoms with Gasteiger partial charge in [-0.25, -0.2) is 0 Å². The zero-order valence-electron chi connectivity index (χ0n) is 15.8. The molecule has 1 aliphatic heterocycles. The third kappa shape index (κ3) is 3.80. The Bertz CT molecular complexity index is 1040. The molecule has 5 heteroatoms. The number of nitrogens with one attached hydrogen (secondary N) is 1. The first-order chi connectivity index (χ1) is 14.1. The maximum atomic E-state index is 12.7. The van der Waals surface area contributed by atoms with Crippen LogP contribution in [0.2, 0.25) is 0 Å². The standard InChI is InChI=1S/C24H20N2O3/c27-22(25-15-14-17-8-2-1-3-9-17)19-11-5-4-10-18(19)16-26-23(28)20-12-6-7-13-21(20)24(26)29/h1-13H,14-16H2,(H,25,27). The number of hydrogen-bond acceptors (Lipinski definition) is 3. The van der Waals surface area contributed by atoms with Crippen molar-refractivity contribution in [2.75, 3.05) is 6.54 Å². The minimum atomic E-state index is -0.329. The molecule has 0 aromatic heterocycles. The van der Waals surface area contributed by atoms with Crippen molar-refractivity contribution in [2.24, 2.45) is 0 Å². The number of fused-ring (bicyclic) bond motifs is 1. The van der Waals surface area contributed by atoms with Crippen molar-refractivity contribution < 1.29 is 14.4 Å². The van der Waals surface area contributed by atoms with Crippen molar-refractivity contribution in [3.8, 4) is 0 Å². The maximum Gasteiger partial charge on any atom is 0.261 e. The van der Waals surface area contributed by atoms with Crippen molar-refractivity contribution in [1.29, 1.82) is 0 Å². The number of nitrogens with zero attached hydrogens (tertiary/aromatic N) is 1. The van der Waals surface area contributed by atoms with Crippen LogP contribution in [0.5, 0.6) is 0 Å². The summed E-state index contributed by atoms with van der Waals surface area (Å²) in [4.78, 5) is 39.2. The number of carbonyl (C=O) groups excluding carboxylic acids is 3. The van der Waals surface area contributed by atoms with Crippen molar-refractivity contribution in [2.45, 2.75) is 13.0 Å². The SMILES string of the molecule is O=C(NCCc1ccccc1)c1ccccc1CN1C(=O)c2ccccc2C1=O. The van der Waals surface area contributed by atoms with Crippen LogP contribution in [0.15, 0.2) is 78.9 Å². The summed E-state index contributed by atoms with van der Waals surface area (Å²) in [6.45, 7) is 0.568. The number of benzene rings is 3. The molecule has 0 atom stereocenters. The molecule has 1 aliphatic rings. The molecule has 0 bridgehead atoms. The van der Waals surface area contributed by atoms with Crippen LogP contribution in [0.25, 0.3) is 0 Å². The first-order valence-electron chi connectivity index (χ1n) is 9.50. The summed E-state index contributed by atoms with van der Waals surface area (Å²) in [5.41, 5.74) is 3.06. The van der Waals surface area contributed by atoms with Gasteiger partial charge in [0.1, 0.15) is 0 Å². The third-order valence-corrected chi connectivity index (χ3v) is 5.01. The lowest BCUT2D eigenvalue weighted by atomic mass is 10.1. The van der Waals surface area contributed by atoms with E-state index >= 15 is 0 Å². The van der Waals surface area contributed by atoms with Gasteiger partial charge in [0.05, 0.1) is 17.7 Å². The zero-order valence-corrected chi connectivity index (χ0v) is 15.8. The molecule has 0 unspecified atom stereocenters. The third-order valence-electron chi connectivity index (χ3n) is 5.01. The highest BCUT2D eigenvalue weighted by Crippen LogP contribution is 2.25. The Morgan fingerprint density at radius 1 is 0.759 bits per heavy atom. The average Bonchev–Trinajstić information content (AvgIpc) is 3.00. The van der Waals surface area contributed by atoms with Gasteiger partial charge in [-0.3, -0.25) is 19.3 Å². The summed E-state index contributed by atoms with van der Waals surface area (Å²) in [6, 6.07) is 23.8. The summed E-state index contributed by atoms with van der Waals surface area (Å²) in [7, 11) is 0. The fourth-order valence-electron chi connectivity index (χ4n) is 3.49. The van der Waals surface area contributed by atoms with E-state index in [1.807, 2.05) is 30.3 Å². The molecule has 29 heavy (non-hydrogen) atoms. The number of imide groups is 1. The van der Waals surface area contributed by atoms with Gasteiger partial charge in [0.2, 0.25) is 0 Å². The molecule has 0 saturated carbocycles. The highest BCUT2D eigenvalue weighted by atomic mass is 16.2. The van der Waals surface area contributed by atoms with Crippen LogP contribution in [0.1, 0.15) is 42.2 Å². The van der Waals surface area contributed by atoms with E-state index in [1.165, 1.54) is 4.90 Å². The Kier molecular flexibility index (Phi) is 5.20. The summed E-state index contributed by atoms with van der Waals surface area (Å²) in [5, 5.41) is 2.92. The van der Waals surface area contributed by atoms with E-state index in [4.69, 9.17) is 0 Å². The second-order valence-corrected chi connectivity index (χ2v) is 6.89. The predicted molar refractivity (Wildman–Crippen MR) is 110 cm³/mol. The lowest BCUT2D eigenvalue weighted by Crippen LogP contribution is -2.31. The van der Waals surface area contributed by atoms with Gasteiger partial charge in [-0.2, -0.15) is 0 Å². The molecule has 5 nitrogen and oxygen atoms in total. The van der Waals surface area contributed by atoms with E-state index in [1.54, 1.807) is 48.5 Å². The number of carbonyl (C=O) groups is 3. The lowest BCUT2D eigenvalue weighted by Gasteiger charge is -2.16. The number of hydrogen-bond donors (Lipinski definition) is 1. The van der Waals surface area contributed by atoms with Crippen LogP contribution in [0.4, 0.5) is 0 Å². The summed E-state index contributed by atoms with van der Waals surface area (Å²) in [6.07, 6.45) is 0.729. The van der Waals surface area contributed by atoms with E-state index in [0.29, 0.717) is 28.8 Å². The number of rotatable bonds is 6. The van der Waals surface area contributed by atoms with Gasteiger partial charge in [0.15, 0.2) is 0 Å². The van der Waals surface area contributed by atoms with Gasteiger partial charge in [-0.05, 0) is 35.7 Å². The molecule has 0 radical (unpaired) electrons. The zero-order chi connectivity index (χ0) is 20.2. The lowest BCUT2D eigenvalue weighted by molar-refractivity contribution is 0.0640. The molecule has 3 aromatic rings. The first-order valence-corrected chi connectivity index (χ1v) is 9.50. The molecule has 0 spiro atoms. The highest BCUT2D eigenvalue weighted by Gasteiger charge is 2.35. The van der Waals surface area contributed by atoms with Crippen LogP contribution in [0.3, 0.4) is 0 Å². The van der Waals surface area contributed by atoms with Gasteiger partial charge in [-0.1, -0.05) is 60.7 Å². The monoisotopic (exact) mass is 384 g/mol. The molecule has 1 heterocycles. The molecular weight excluding hydrogens is 364 g/mol. The Balaban J connectivity index is 1.47. The van der Waals surface area contributed by atoms with E-state index in [-0.39, 0.29) is 24.3 Å². The van der Waals surface area contributed by atoms with Gasteiger partial charge in [0, 0.05) is 12.1 Å². The summed E-state index contributed by atoms with van der Waals surface area (Å²) in [5.74, 6) is -0.872. The summed E-state index contributed by atoms with van der Waals surface area (Å²) >= 11 is 0. The quantitative estimate of drug-likeness (QED) is 0.662. The smallest absolute Gasteiger partial charge is 0.261 e. The largest absolute Gasteiger partial charge is 0.352 e. The van der Waals surface area contributed by atoms with Gasteiger partial charge >= 0.3 is 0 Å². The molecule has 0 fully saturated rings. The normalized spacial score (nSPS) is 12.8.